The van der Waals surface area contributed by atoms with Crippen LogP contribution in [0.5, 0.6) is 0 Å². The van der Waals surface area contributed by atoms with Gasteiger partial charge in [0.2, 0.25) is 0 Å². The SMILES string of the molecule is O=C(c1ccc(C(F)(F)F)cc1)C1CCN(C(=O)c2cc([N+](=O)[O-])ccc2NC2CCCCC2)CC1. The zero-order valence-electron chi connectivity index (χ0n) is 19.7. The minimum atomic E-state index is -4.47. The van der Waals surface area contributed by atoms with Crippen LogP contribution in [0.25, 0.3) is 0 Å². The quantitative estimate of drug-likeness (QED) is 0.292. The first-order chi connectivity index (χ1) is 17.1. The van der Waals surface area contributed by atoms with Gasteiger partial charge in [0, 0.05) is 48.4 Å². The molecule has 4 rings (SSSR count). The Hall–Kier alpha value is -3.43. The van der Waals surface area contributed by atoms with Crippen LogP contribution >= 0.6 is 0 Å². The summed E-state index contributed by atoms with van der Waals surface area (Å²) in [5.41, 5.74) is 0.0437. The number of Topliss-reactive ketones (excluding diaryl/α,β-unsaturated/α-hetero) is 1. The highest BCUT2D eigenvalue weighted by atomic mass is 19.4. The van der Waals surface area contributed by atoms with Crippen molar-refractivity contribution in [2.75, 3.05) is 18.4 Å². The predicted octanol–water partition coefficient (Wildman–Crippen LogP) is 6.09. The third-order valence-corrected chi connectivity index (χ3v) is 7.06. The molecule has 7 nitrogen and oxygen atoms in total. The first-order valence-corrected chi connectivity index (χ1v) is 12.2. The summed E-state index contributed by atoms with van der Waals surface area (Å²) in [5.74, 6) is -0.987. The Labute approximate surface area is 206 Å². The Morgan fingerprint density at radius 3 is 2.17 bits per heavy atom. The van der Waals surface area contributed by atoms with E-state index >= 15 is 0 Å². The van der Waals surface area contributed by atoms with Gasteiger partial charge in [-0.3, -0.25) is 19.7 Å². The van der Waals surface area contributed by atoms with Crippen LogP contribution < -0.4 is 5.32 Å². The molecular weight excluding hydrogens is 475 g/mol. The summed E-state index contributed by atoms with van der Waals surface area (Å²) in [4.78, 5) is 38.6. The van der Waals surface area contributed by atoms with Crippen LogP contribution in [-0.2, 0) is 6.18 Å². The lowest BCUT2D eigenvalue weighted by atomic mass is 9.88. The van der Waals surface area contributed by atoms with Gasteiger partial charge in [-0.2, -0.15) is 13.2 Å². The van der Waals surface area contributed by atoms with Gasteiger partial charge < -0.3 is 10.2 Å². The number of likely N-dealkylation sites (tertiary alicyclic amines) is 1. The molecule has 2 aliphatic rings. The highest BCUT2D eigenvalue weighted by Crippen LogP contribution is 2.32. The van der Waals surface area contributed by atoms with Gasteiger partial charge in [0.25, 0.3) is 11.6 Å². The van der Waals surface area contributed by atoms with Crippen molar-refractivity contribution in [3.63, 3.8) is 0 Å². The number of piperidine rings is 1. The normalized spacial score (nSPS) is 17.6. The Morgan fingerprint density at radius 2 is 1.58 bits per heavy atom. The lowest BCUT2D eigenvalue weighted by Crippen LogP contribution is -2.40. The topological polar surface area (TPSA) is 92.5 Å². The molecule has 1 saturated heterocycles. The van der Waals surface area contributed by atoms with Gasteiger partial charge in [-0.05, 0) is 43.9 Å². The number of nitro groups is 1. The standard InChI is InChI=1S/C26H28F3N3O4/c27-26(28,29)19-8-6-17(7-9-19)24(33)18-12-14-31(15-13-18)25(34)22-16-21(32(35)36)10-11-23(22)30-20-4-2-1-3-5-20/h6-11,16,18,20,30H,1-5,12-15H2. The van der Waals surface area contributed by atoms with Crippen molar-refractivity contribution in [2.45, 2.75) is 57.2 Å². The molecule has 2 aromatic carbocycles. The number of carbonyl (C=O) groups is 2. The van der Waals surface area contributed by atoms with E-state index in [2.05, 4.69) is 5.32 Å². The summed E-state index contributed by atoms with van der Waals surface area (Å²) in [6.07, 6.45) is 1.57. The second kappa shape index (κ2) is 10.7. The molecule has 0 spiro atoms. The van der Waals surface area contributed by atoms with Crippen LogP contribution in [0.3, 0.4) is 0 Å². The summed E-state index contributed by atoms with van der Waals surface area (Å²) in [6, 6.07) is 8.65. The molecule has 1 amide bonds. The second-order valence-electron chi connectivity index (χ2n) is 9.47. The molecule has 36 heavy (non-hydrogen) atoms. The van der Waals surface area contributed by atoms with E-state index in [-0.39, 0.29) is 47.6 Å². The first kappa shape index (κ1) is 25.7. The fraction of sp³-hybridized carbons (Fsp3) is 0.462. The van der Waals surface area contributed by atoms with E-state index in [1.807, 2.05) is 0 Å². The van der Waals surface area contributed by atoms with Crippen LogP contribution in [0.15, 0.2) is 42.5 Å². The lowest BCUT2D eigenvalue weighted by molar-refractivity contribution is -0.384. The van der Waals surface area contributed by atoms with Gasteiger partial charge in [0.1, 0.15) is 0 Å². The Kier molecular flexibility index (Phi) is 7.61. The summed E-state index contributed by atoms with van der Waals surface area (Å²) >= 11 is 0. The monoisotopic (exact) mass is 503 g/mol. The van der Waals surface area contributed by atoms with Gasteiger partial charge in [-0.1, -0.05) is 31.4 Å². The van der Waals surface area contributed by atoms with Crippen molar-refractivity contribution < 1.29 is 27.7 Å². The molecule has 2 fully saturated rings. The summed E-state index contributed by atoms with van der Waals surface area (Å²) in [7, 11) is 0. The third kappa shape index (κ3) is 5.85. The molecule has 1 aliphatic carbocycles. The number of halogens is 3. The zero-order chi connectivity index (χ0) is 25.9. The van der Waals surface area contributed by atoms with Crippen LogP contribution in [0.2, 0.25) is 0 Å². The van der Waals surface area contributed by atoms with Crippen molar-refractivity contribution in [1.29, 1.82) is 0 Å². The third-order valence-electron chi connectivity index (χ3n) is 7.06. The minimum Gasteiger partial charge on any atom is -0.382 e. The van der Waals surface area contributed by atoms with E-state index in [4.69, 9.17) is 0 Å². The molecular formula is C26H28F3N3O4. The lowest BCUT2D eigenvalue weighted by Gasteiger charge is -2.32. The fourth-order valence-electron chi connectivity index (χ4n) is 4.99. The van der Waals surface area contributed by atoms with Gasteiger partial charge >= 0.3 is 6.18 Å². The fourth-order valence-corrected chi connectivity index (χ4v) is 4.99. The van der Waals surface area contributed by atoms with E-state index in [9.17, 15) is 32.9 Å². The van der Waals surface area contributed by atoms with Gasteiger partial charge in [0.05, 0.1) is 16.1 Å². The van der Waals surface area contributed by atoms with E-state index < -0.39 is 22.6 Å². The number of benzene rings is 2. The molecule has 0 bridgehead atoms. The second-order valence-corrected chi connectivity index (χ2v) is 9.47. The first-order valence-electron chi connectivity index (χ1n) is 12.2. The van der Waals surface area contributed by atoms with Crippen LogP contribution in [0.1, 0.15) is 71.2 Å². The van der Waals surface area contributed by atoms with Crippen molar-refractivity contribution in [2.24, 2.45) is 5.92 Å². The molecule has 192 valence electrons. The molecule has 0 radical (unpaired) electrons. The number of hydrogen-bond donors (Lipinski definition) is 1. The van der Waals surface area contributed by atoms with Crippen LogP contribution in [0.4, 0.5) is 24.5 Å². The number of non-ortho nitro benzene ring substituents is 1. The number of anilines is 1. The Morgan fingerprint density at radius 1 is 0.944 bits per heavy atom. The molecule has 10 heteroatoms. The number of amides is 1. The summed E-state index contributed by atoms with van der Waals surface area (Å²) < 4.78 is 38.4. The maximum absolute atomic E-state index is 13.4. The maximum atomic E-state index is 13.4. The smallest absolute Gasteiger partial charge is 0.382 e. The average Bonchev–Trinajstić information content (AvgIpc) is 2.88. The highest BCUT2D eigenvalue weighted by molar-refractivity contribution is 6.01. The van der Waals surface area contributed by atoms with Crippen molar-refractivity contribution >= 4 is 23.1 Å². The molecule has 2 aromatic rings. The number of carbonyl (C=O) groups excluding carboxylic acids is 2. The van der Waals surface area contributed by atoms with E-state index in [0.717, 1.165) is 37.8 Å². The number of nitrogens with zero attached hydrogens (tertiary/aromatic N) is 2. The summed E-state index contributed by atoms with van der Waals surface area (Å²) in [6.45, 7) is 0.558. The predicted molar refractivity (Wildman–Crippen MR) is 128 cm³/mol. The number of alkyl halides is 3. The molecule has 1 aliphatic heterocycles. The molecule has 1 heterocycles. The maximum Gasteiger partial charge on any atom is 0.416 e. The zero-order valence-corrected chi connectivity index (χ0v) is 19.7. The van der Waals surface area contributed by atoms with Crippen molar-refractivity contribution in [1.82, 2.24) is 4.90 Å². The summed E-state index contributed by atoms with van der Waals surface area (Å²) in [5, 5.41) is 14.7. The Balaban J connectivity index is 1.44. The van der Waals surface area contributed by atoms with E-state index in [1.54, 1.807) is 11.0 Å². The van der Waals surface area contributed by atoms with E-state index in [1.165, 1.54) is 30.7 Å². The van der Waals surface area contributed by atoms with Crippen LogP contribution in [-0.4, -0.2) is 40.6 Å². The Bertz CT molecular complexity index is 1120. The van der Waals surface area contributed by atoms with Crippen molar-refractivity contribution in [3.8, 4) is 0 Å². The number of rotatable bonds is 6. The number of ketones is 1. The molecule has 1 saturated carbocycles. The van der Waals surface area contributed by atoms with Crippen LogP contribution in [0, 0.1) is 16.0 Å². The average molecular weight is 504 g/mol. The minimum absolute atomic E-state index is 0.167. The van der Waals surface area contributed by atoms with E-state index in [0.29, 0.717) is 18.5 Å². The highest BCUT2D eigenvalue weighted by Gasteiger charge is 2.32. The number of nitrogens with one attached hydrogen (secondary N) is 1. The molecule has 0 unspecified atom stereocenters. The molecule has 0 aromatic heterocycles. The number of nitro benzene ring substituents is 1. The van der Waals surface area contributed by atoms with Crippen molar-refractivity contribution in [3.05, 3.63) is 69.3 Å². The van der Waals surface area contributed by atoms with Gasteiger partial charge in [0.15, 0.2) is 5.78 Å². The largest absolute Gasteiger partial charge is 0.416 e. The molecule has 1 N–H and O–H groups in total. The molecule has 0 atom stereocenters. The number of hydrogen-bond acceptors (Lipinski definition) is 5. The van der Waals surface area contributed by atoms with Gasteiger partial charge in [-0.15, -0.1) is 0 Å². The van der Waals surface area contributed by atoms with Gasteiger partial charge in [-0.25, -0.2) is 0 Å².